The molecule has 0 amide bonds. The van der Waals surface area contributed by atoms with Crippen LogP contribution in [0.5, 0.6) is 0 Å². The van der Waals surface area contributed by atoms with Crippen molar-refractivity contribution in [1.29, 1.82) is 0 Å². The molecule has 0 radical (unpaired) electrons. The van der Waals surface area contributed by atoms with Crippen LogP contribution in [0.2, 0.25) is 15.1 Å². The maximum Gasteiger partial charge on any atom is 0.223 e. The van der Waals surface area contributed by atoms with Gasteiger partial charge in [-0.3, -0.25) is 0 Å². The molecule has 0 aliphatic carbocycles. The highest BCUT2D eigenvalue weighted by molar-refractivity contribution is 6.31. The van der Waals surface area contributed by atoms with Gasteiger partial charge in [0.1, 0.15) is 69.5 Å². The van der Waals surface area contributed by atoms with Crippen molar-refractivity contribution in [3.8, 4) is 0 Å². The average molecular weight is 1160 g/mol. The molecular weight excluding hydrogens is 1110 g/mol. The summed E-state index contributed by atoms with van der Waals surface area (Å²) in [4.78, 5) is 59.3. The van der Waals surface area contributed by atoms with Gasteiger partial charge in [-0.25, -0.2) is 73.0 Å². The number of nitrogens with one attached hydrogen (secondary N) is 6. The van der Waals surface area contributed by atoms with Gasteiger partial charge >= 0.3 is 0 Å². The summed E-state index contributed by atoms with van der Waals surface area (Å²) in [5.41, 5.74) is 5.47. The van der Waals surface area contributed by atoms with Gasteiger partial charge in [-0.05, 0) is 154 Å². The van der Waals surface area contributed by atoms with Crippen molar-refractivity contribution in [1.82, 2.24) is 74.5 Å². The van der Waals surface area contributed by atoms with Crippen LogP contribution < -0.4 is 31.9 Å². The van der Waals surface area contributed by atoms with E-state index in [1.165, 1.54) is 55.4 Å². The number of hydrogen-bond acceptors (Lipinski definition) is 21. The second kappa shape index (κ2) is 26.2. The van der Waals surface area contributed by atoms with Gasteiger partial charge in [0.2, 0.25) is 17.8 Å². The summed E-state index contributed by atoms with van der Waals surface area (Å²) in [5.74, 6) is 1.76. The minimum absolute atomic E-state index is 0.0395. The Morgan fingerprint density at radius 3 is 0.926 bits per heavy atom. The Morgan fingerprint density at radius 2 is 0.667 bits per heavy atom. The van der Waals surface area contributed by atoms with Gasteiger partial charge in [0.05, 0.1) is 33.7 Å². The Morgan fingerprint density at radius 1 is 0.395 bits per heavy atom. The third kappa shape index (κ3) is 15.0. The zero-order valence-electron chi connectivity index (χ0n) is 44.4. The lowest BCUT2D eigenvalue weighted by atomic mass is 10.1. The molecule has 3 saturated heterocycles. The summed E-state index contributed by atoms with van der Waals surface area (Å²) in [7, 11) is 6.37. The first-order valence-corrected chi connectivity index (χ1v) is 27.3. The Hall–Kier alpha value is -7.74. The number of likely N-dealkylation sites (tertiary alicyclic amines) is 3. The molecular formula is C54H57Cl3F3N21. The van der Waals surface area contributed by atoms with Crippen LogP contribution in [-0.2, 0) is 0 Å². The Labute approximate surface area is 479 Å². The summed E-state index contributed by atoms with van der Waals surface area (Å²) in [6.45, 7) is 6.29. The lowest BCUT2D eigenvalue weighted by molar-refractivity contribution is 0.263. The molecule has 0 spiro atoms. The third-order valence-electron chi connectivity index (χ3n) is 13.8. The van der Waals surface area contributed by atoms with E-state index in [1.54, 1.807) is 36.8 Å². The number of piperidine rings is 3. The molecule has 3 aromatic carbocycles. The summed E-state index contributed by atoms with van der Waals surface area (Å²) in [5, 5.41) is 19.7. The standard InChI is InChI=1S/3C18H19ClFN7/c3*1-27-6-4-11(5-7-27)25-18-21-9-15-16(26-18)17(23-10-22-15)24-12-2-3-14(20)13(19)8-12/h3*2-3,8-11H,4-7H2,1H3,(H,21,25,26)(H,22,23,24). The van der Waals surface area contributed by atoms with Crippen molar-refractivity contribution >= 4 is 120 Å². The number of halogens is 6. The Balaban J connectivity index is 0.000000136. The van der Waals surface area contributed by atoms with Gasteiger partial charge < -0.3 is 46.6 Å². The number of fused-ring (bicyclic) bond motifs is 3. The maximum atomic E-state index is 13.4. The molecule has 12 rings (SSSR count). The molecule has 3 fully saturated rings. The van der Waals surface area contributed by atoms with Crippen LogP contribution in [0.4, 0.5) is 65.5 Å². The van der Waals surface area contributed by atoms with Crippen LogP contribution in [0, 0.1) is 17.5 Å². The molecule has 27 heteroatoms. The quantitative estimate of drug-likeness (QED) is 0.0667. The largest absolute Gasteiger partial charge is 0.351 e. The van der Waals surface area contributed by atoms with Crippen LogP contribution in [0.1, 0.15) is 38.5 Å². The molecule has 3 aliphatic rings. The van der Waals surface area contributed by atoms with Gasteiger partial charge in [-0.1, -0.05) is 34.8 Å². The predicted octanol–water partition coefficient (Wildman–Crippen LogP) is 10.4. The van der Waals surface area contributed by atoms with Crippen LogP contribution in [0.3, 0.4) is 0 Å². The minimum atomic E-state index is -0.471. The van der Waals surface area contributed by atoms with Crippen LogP contribution in [0.15, 0.2) is 92.2 Å². The molecule has 0 unspecified atom stereocenters. The highest BCUT2D eigenvalue weighted by atomic mass is 35.5. The van der Waals surface area contributed by atoms with Crippen LogP contribution >= 0.6 is 34.8 Å². The number of hydrogen-bond donors (Lipinski definition) is 6. The highest BCUT2D eigenvalue weighted by Gasteiger charge is 2.21. The van der Waals surface area contributed by atoms with Gasteiger partial charge in [0.25, 0.3) is 0 Å². The monoisotopic (exact) mass is 1160 g/mol. The fourth-order valence-corrected chi connectivity index (χ4v) is 9.73. The van der Waals surface area contributed by atoms with Crippen LogP contribution in [0.25, 0.3) is 33.1 Å². The second-order valence-electron chi connectivity index (χ2n) is 19.9. The number of anilines is 9. The van der Waals surface area contributed by atoms with E-state index in [2.05, 4.69) is 128 Å². The van der Waals surface area contributed by atoms with E-state index >= 15 is 0 Å². The molecule has 3 aliphatic heterocycles. The van der Waals surface area contributed by atoms with E-state index in [0.717, 1.165) is 77.8 Å². The number of benzene rings is 3. The molecule has 0 atom stereocenters. The molecule has 9 heterocycles. The zero-order valence-corrected chi connectivity index (χ0v) is 46.6. The van der Waals surface area contributed by atoms with Crippen molar-refractivity contribution in [2.75, 3.05) is 92.3 Å². The van der Waals surface area contributed by atoms with Crippen molar-refractivity contribution < 1.29 is 13.2 Å². The Bertz CT molecular complexity index is 3250. The number of aromatic nitrogens is 12. The topological polar surface area (TPSA) is 237 Å². The van der Waals surface area contributed by atoms with E-state index in [0.29, 0.717) is 104 Å². The fourth-order valence-electron chi connectivity index (χ4n) is 9.18. The average Bonchev–Trinajstić information content (AvgIpc) is 3.51. The second-order valence-corrected chi connectivity index (χ2v) is 21.1. The number of nitrogens with zero attached hydrogens (tertiary/aromatic N) is 15. The Kier molecular flexibility index (Phi) is 18.3. The maximum absolute atomic E-state index is 13.4. The van der Waals surface area contributed by atoms with Gasteiger partial charge in [0.15, 0.2) is 17.5 Å². The molecule has 6 aromatic heterocycles. The summed E-state index contributed by atoms with van der Waals surface area (Å²) in [6.07, 6.45) is 15.6. The fraction of sp³-hybridized carbons (Fsp3) is 0.333. The highest BCUT2D eigenvalue weighted by Crippen LogP contribution is 2.30. The summed E-state index contributed by atoms with van der Waals surface area (Å²) >= 11 is 17.6. The molecule has 6 N–H and O–H groups in total. The van der Waals surface area contributed by atoms with E-state index in [1.807, 2.05) is 0 Å². The van der Waals surface area contributed by atoms with Crippen molar-refractivity contribution in [2.24, 2.45) is 0 Å². The smallest absolute Gasteiger partial charge is 0.223 e. The van der Waals surface area contributed by atoms with E-state index in [4.69, 9.17) is 34.8 Å². The summed E-state index contributed by atoms with van der Waals surface area (Å²) in [6, 6.07) is 14.2. The van der Waals surface area contributed by atoms with Crippen molar-refractivity contribution in [3.63, 3.8) is 0 Å². The third-order valence-corrected chi connectivity index (χ3v) is 14.7. The first kappa shape index (κ1) is 56.5. The predicted molar refractivity (Wildman–Crippen MR) is 312 cm³/mol. The molecule has 9 aromatic rings. The zero-order chi connectivity index (χ0) is 56.4. The lowest BCUT2D eigenvalue weighted by Gasteiger charge is -2.29. The van der Waals surface area contributed by atoms with E-state index in [-0.39, 0.29) is 15.1 Å². The number of rotatable bonds is 12. The van der Waals surface area contributed by atoms with Crippen molar-refractivity contribution in [2.45, 2.75) is 56.7 Å². The molecule has 420 valence electrons. The molecule has 0 bridgehead atoms. The first-order valence-electron chi connectivity index (χ1n) is 26.2. The molecule has 0 saturated carbocycles. The first-order chi connectivity index (χ1) is 39.2. The van der Waals surface area contributed by atoms with E-state index in [9.17, 15) is 13.2 Å². The van der Waals surface area contributed by atoms with Crippen molar-refractivity contribution in [3.05, 3.63) is 125 Å². The summed E-state index contributed by atoms with van der Waals surface area (Å²) < 4.78 is 40.1. The lowest BCUT2D eigenvalue weighted by Crippen LogP contribution is -2.37. The normalized spacial score (nSPS) is 15.8. The van der Waals surface area contributed by atoms with Gasteiger partial charge in [-0.2, -0.15) is 0 Å². The van der Waals surface area contributed by atoms with E-state index < -0.39 is 17.5 Å². The minimum Gasteiger partial charge on any atom is -0.351 e. The van der Waals surface area contributed by atoms with Gasteiger partial charge in [-0.15, -0.1) is 0 Å². The van der Waals surface area contributed by atoms with Gasteiger partial charge in [0, 0.05) is 35.2 Å². The van der Waals surface area contributed by atoms with Crippen LogP contribution in [-0.4, -0.2) is 153 Å². The molecule has 21 nitrogen and oxygen atoms in total. The SMILES string of the molecule is CN1CCC(Nc2ncc3ncnc(Nc4ccc(F)c(Cl)c4)c3n2)CC1.CN1CCC(Nc2ncc3ncnc(Nc4ccc(F)c(Cl)c4)c3n2)CC1.CN1CCC(Nc2ncc3ncnc(Nc4ccc(F)c(Cl)c4)c3n2)CC1. The molecule has 81 heavy (non-hydrogen) atoms.